The van der Waals surface area contributed by atoms with Gasteiger partial charge in [-0.15, -0.1) is 0 Å². The lowest BCUT2D eigenvalue weighted by Gasteiger charge is -2.42. The average Bonchev–Trinajstić information content (AvgIpc) is 3.28. The van der Waals surface area contributed by atoms with E-state index >= 15 is 0 Å². The third-order valence-electron chi connectivity index (χ3n) is 7.61. The molecule has 0 radical (unpaired) electrons. The fourth-order valence-electron chi connectivity index (χ4n) is 5.87. The Morgan fingerprint density at radius 3 is 2.71 bits per heavy atom. The Morgan fingerprint density at radius 2 is 1.87 bits per heavy atom. The van der Waals surface area contributed by atoms with Crippen LogP contribution in [0.5, 0.6) is 23.0 Å². The Kier molecular flexibility index (Phi) is 4.94. The summed E-state index contributed by atoms with van der Waals surface area (Å²) >= 11 is 0. The van der Waals surface area contributed by atoms with Gasteiger partial charge in [-0.3, -0.25) is 4.90 Å². The van der Waals surface area contributed by atoms with E-state index in [0.717, 1.165) is 55.5 Å². The summed E-state index contributed by atoms with van der Waals surface area (Å²) in [5.74, 6) is 4.30. The molecule has 2 aromatic rings. The van der Waals surface area contributed by atoms with Crippen molar-refractivity contribution in [2.24, 2.45) is 5.92 Å². The van der Waals surface area contributed by atoms with Gasteiger partial charge in [0.1, 0.15) is 0 Å². The van der Waals surface area contributed by atoms with E-state index in [9.17, 15) is 0 Å². The number of ether oxygens (including phenoxy) is 4. The van der Waals surface area contributed by atoms with Crippen LogP contribution in [0.3, 0.4) is 0 Å². The minimum atomic E-state index is 0.330. The Balaban J connectivity index is 1.30. The fraction of sp³-hybridized carbons (Fsp3) is 0.538. The van der Waals surface area contributed by atoms with Crippen molar-refractivity contribution < 1.29 is 18.9 Å². The molecule has 3 heterocycles. The van der Waals surface area contributed by atoms with Gasteiger partial charge in [0, 0.05) is 24.7 Å². The highest BCUT2D eigenvalue weighted by atomic mass is 16.7. The molecule has 0 aromatic heterocycles. The Morgan fingerprint density at radius 1 is 1.03 bits per heavy atom. The van der Waals surface area contributed by atoms with Crippen LogP contribution in [0.2, 0.25) is 0 Å². The molecule has 0 amide bonds. The van der Waals surface area contributed by atoms with Crippen LogP contribution in [-0.4, -0.2) is 32.0 Å². The van der Waals surface area contributed by atoms with Gasteiger partial charge in [0.2, 0.25) is 6.79 Å². The van der Waals surface area contributed by atoms with Gasteiger partial charge in [0.15, 0.2) is 23.0 Å². The predicted octanol–water partition coefficient (Wildman–Crippen LogP) is 5.04. The zero-order chi connectivity index (χ0) is 20.8. The highest BCUT2D eigenvalue weighted by molar-refractivity contribution is 5.55. The van der Waals surface area contributed by atoms with E-state index in [-0.39, 0.29) is 0 Å². The first-order valence-electron chi connectivity index (χ1n) is 11.8. The predicted molar refractivity (Wildman–Crippen MR) is 118 cm³/mol. The van der Waals surface area contributed by atoms with Crippen LogP contribution >= 0.6 is 0 Å². The molecule has 6 rings (SSSR count). The molecule has 2 aromatic carbocycles. The van der Waals surface area contributed by atoms with E-state index in [0.29, 0.717) is 18.8 Å². The second-order valence-electron chi connectivity index (χ2n) is 9.39. The maximum atomic E-state index is 6.49. The molecule has 5 nitrogen and oxygen atoms in total. The van der Waals surface area contributed by atoms with Crippen LogP contribution in [0.4, 0.5) is 0 Å². The van der Waals surface area contributed by atoms with Crippen molar-refractivity contribution in [2.45, 2.75) is 57.5 Å². The van der Waals surface area contributed by atoms with Crippen molar-refractivity contribution in [1.29, 1.82) is 0 Å². The minimum absolute atomic E-state index is 0.330. The Labute approximate surface area is 184 Å². The average molecular weight is 422 g/mol. The van der Waals surface area contributed by atoms with Gasteiger partial charge in [-0.25, -0.2) is 0 Å². The summed E-state index contributed by atoms with van der Waals surface area (Å²) < 4.78 is 23.5. The normalized spacial score (nSPS) is 22.4. The first-order chi connectivity index (χ1) is 15.3. The Bertz CT molecular complexity index is 982. The van der Waals surface area contributed by atoms with Crippen LogP contribution in [-0.2, 0) is 19.4 Å². The molecule has 3 aliphatic heterocycles. The highest BCUT2D eigenvalue weighted by Crippen LogP contribution is 2.46. The van der Waals surface area contributed by atoms with Crippen molar-refractivity contribution in [1.82, 2.24) is 4.90 Å². The van der Waals surface area contributed by atoms with Crippen molar-refractivity contribution in [3.05, 3.63) is 46.5 Å². The first-order valence-corrected chi connectivity index (χ1v) is 11.8. The number of rotatable bonds is 4. The minimum Gasteiger partial charge on any atom is -0.493 e. The number of hydrogen-bond acceptors (Lipinski definition) is 5. The largest absolute Gasteiger partial charge is 0.493 e. The molecule has 0 N–H and O–H groups in total. The van der Waals surface area contributed by atoms with E-state index in [1.165, 1.54) is 54.4 Å². The van der Waals surface area contributed by atoms with Crippen molar-refractivity contribution in [3.8, 4) is 23.0 Å². The molecule has 1 fully saturated rings. The topological polar surface area (TPSA) is 40.2 Å². The molecule has 4 aliphatic rings. The van der Waals surface area contributed by atoms with E-state index in [1.54, 1.807) is 7.11 Å². The molecule has 0 saturated heterocycles. The van der Waals surface area contributed by atoms with Gasteiger partial charge in [-0.2, -0.15) is 0 Å². The van der Waals surface area contributed by atoms with Crippen LogP contribution < -0.4 is 18.9 Å². The quantitative estimate of drug-likeness (QED) is 0.692. The smallest absolute Gasteiger partial charge is 0.231 e. The van der Waals surface area contributed by atoms with Crippen molar-refractivity contribution in [2.75, 3.05) is 27.1 Å². The maximum Gasteiger partial charge on any atom is 0.231 e. The Hall–Kier alpha value is -2.40. The molecule has 1 atom stereocenters. The number of methoxy groups -OCH3 is 1. The lowest BCUT2D eigenvalue weighted by atomic mass is 9.83. The van der Waals surface area contributed by atoms with Crippen LogP contribution in [0.25, 0.3) is 0 Å². The molecular formula is C26H31NO4. The van der Waals surface area contributed by atoms with Crippen molar-refractivity contribution in [3.63, 3.8) is 0 Å². The monoisotopic (exact) mass is 421 g/mol. The van der Waals surface area contributed by atoms with Crippen molar-refractivity contribution >= 4 is 0 Å². The van der Waals surface area contributed by atoms with Gasteiger partial charge in [-0.1, -0.05) is 25.3 Å². The van der Waals surface area contributed by atoms with Gasteiger partial charge >= 0.3 is 0 Å². The van der Waals surface area contributed by atoms with Gasteiger partial charge in [0.05, 0.1) is 13.7 Å². The molecule has 0 spiro atoms. The third kappa shape index (κ3) is 3.43. The van der Waals surface area contributed by atoms with Gasteiger partial charge in [0.25, 0.3) is 0 Å². The standard InChI is InChI=1S/C26H31NO4/c1-28-23-8-7-18-11-22-20-13-25-24(30-16-31-25)12-19(20)9-10-27(22)14-21(18)26(23)29-15-17-5-3-2-4-6-17/h7-8,12-13,17,22H,2-6,9-11,14-16H2,1H3. The molecule has 0 bridgehead atoms. The lowest BCUT2D eigenvalue weighted by Crippen LogP contribution is -2.39. The number of benzene rings is 2. The SMILES string of the molecule is COc1ccc2c(c1OCC1CCCCC1)CN1CCc3cc4c(cc3C1C2)OCO4. The van der Waals surface area contributed by atoms with Crippen LogP contribution in [0.1, 0.15) is 60.4 Å². The molecular weight excluding hydrogens is 390 g/mol. The summed E-state index contributed by atoms with van der Waals surface area (Å²) in [7, 11) is 1.75. The third-order valence-corrected chi connectivity index (χ3v) is 7.61. The van der Waals surface area contributed by atoms with E-state index in [1.807, 2.05) is 0 Å². The summed E-state index contributed by atoms with van der Waals surface area (Å²) in [5, 5.41) is 0. The molecule has 1 aliphatic carbocycles. The second-order valence-corrected chi connectivity index (χ2v) is 9.39. The van der Waals surface area contributed by atoms with Gasteiger partial charge in [-0.05, 0) is 66.5 Å². The molecule has 5 heteroatoms. The first kappa shape index (κ1) is 19.3. The number of nitrogens with zero attached hydrogens (tertiary/aromatic N) is 1. The van der Waals surface area contributed by atoms with E-state index < -0.39 is 0 Å². The second kappa shape index (κ2) is 7.94. The summed E-state index contributed by atoms with van der Waals surface area (Å²) in [6, 6.07) is 9.11. The molecule has 1 saturated carbocycles. The summed E-state index contributed by atoms with van der Waals surface area (Å²) in [6.07, 6.45) is 8.66. The zero-order valence-electron chi connectivity index (χ0n) is 18.3. The van der Waals surface area contributed by atoms with Crippen LogP contribution in [0.15, 0.2) is 24.3 Å². The number of hydrogen-bond donors (Lipinski definition) is 0. The van der Waals surface area contributed by atoms with Gasteiger partial charge < -0.3 is 18.9 Å². The lowest BCUT2D eigenvalue weighted by molar-refractivity contribution is 0.151. The summed E-state index contributed by atoms with van der Waals surface area (Å²) in [6.45, 7) is 3.10. The fourth-order valence-corrected chi connectivity index (χ4v) is 5.87. The number of fused-ring (bicyclic) bond motifs is 5. The molecule has 31 heavy (non-hydrogen) atoms. The summed E-state index contributed by atoms with van der Waals surface area (Å²) in [4.78, 5) is 2.60. The van der Waals surface area contributed by atoms with E-state index in [2.05, 4.69) is 29.2 Å². The highest BCUT2D eigenvalue weighted by Gasteiger charge is 2.35. The maximum absolute atomic E-state index is 6.49. The van der Waals surface area contributed by atoms with E-state index in [4.69, 9.17) is 18.9 Å². The van der Waals surface area contributed by atoms with Crippen LogP contribution in [0, 0.1) is 5.92 Å². The zero-order valence-corrected chi connectivity index (χ0v) is 18.3. The summed E-state index contributed by atoms with van der Waals surface area (Å²) in [5.41, 5.74) is 5.49. The molecule has 164 valence electrons. The molecule has 1 unspecified atom stereocenters.